The van der Waals surface area contributed by atoms with Gasteiger partial charge in [0.2, 0.25) is 0 Å². The fraction of sp³-hybridized carbons (Fsp3) is 0.500. The Hall–Kier alpha value is -0.540. The fourth-order valence-electron chi connectivity index (χ4n) is 1.37. The Morgan fingerprint density at radius 3 is 2.50 bits per heavy atom. The van der Waals surface area contributed by atoms with E-state index in [2.05, 4.69) is 0 Å². The van der Waals surface area contributed by atoms with Crippen molar-refractivity contribution in [2.75, 3.05) is 19.5 Å². The van der Waals surface area contributed by atoms with Crippen LogP contribution in [0.15, 0.2) is 24.3 Å². The van der Waals surface area contributed by atoms with Crippen molar-refractivity contribution < 1.29 is 14.0 Å². The minimum Gasteiger partial charge on any atom is -0.413 e. The summed E-state index contributed by atoms with van der Waals surface area (Å²) in [7, 11) is -2.20. The molecule has 0 bridgehead atoms. The molecular formula is C12H19ClNO3P. The average molecular weight is 292 g/mol. The predicted octanol–water partition coefficient (Wildman–Crippen LogP) is 3.43. The summed E-state index contributed by atoms with van der Waals surface area (Å²) in [6, 6.07) is 7.04. The highest BCUT2D eigenvalue weighted by molar-refractivity contribution is 7.50. The van der Waals surface area contributed by atoms with Crippen molar-refractivity contribution in [1.82, 2.24) is 4.67 Å². The normalized spacial score (nSPS) is 14.5. The highest BCUT2D eigenvalue weighted by Gasteiger charge is 2.27. The molecule has 18 heavy (non-hydrogen) atoms. The number of rotatable bonds is 7. The van der Waals surface area contributed by atoms with Crippen LogP contribution in [0.25, 0.3) is 0 Å². The molecule has 1 N–H and O–H groups in total. The lowest BCUT2D eigenvalue weighted by molar-refractivity contribution is 0.297. The van der Waals surface area contributed by atoms with Crippen LogP contribution in [0.4, 0.5) is 0 Å². The summed E-state index contributed by atoms with van der Waals surface area (Å²) in [5, 5.41) is 0. The van der Waals surface area contributed by atoms with Crippen LogP contribution in [0.3, 0.4) is 0 Å². The zero-order valence-corrected chi connectivity index (χ0v) is 12.3. The average Bonchev–Trinajstić information content (AvgIpc) is 2.32. The van der Waals surface area contributed by atoms with E-state index in [4.69, 9.17) is 16.1 Å². The van der Waals surface area contributed by atoms with E-state index >= 15 is 0 Å². The minimum atomic E-state index is -3.77. The Morgan fingerprint density at radius 1 is 1.33 bits per heavy atom. The molecule has 1 aromatic rings. The second-order valence-corrected chi connectivity index (χ2v) is 6.40. The topological polar surface area (TPSA) is 49.8 Å². The van der Waals surface area contributed by atoms with Crippen molar-refractivity contribution >= 4 is 19.3 Å². The molecule has 102 valence electrons. The maximum atomic E-state index is 12.0. The van der Waals surface area contributed by atoms with Gasteiger partial charge in [-0.3, -0.25) is 0 Å². The molecule has 0 saturated heterocycles. The summed E-state index contributed by atoms with van der Waals surface area (Å²) in [5.74, 6) is 0.957. The van der Waals surface area contributed by atoms with Gasteiger partial charge < -0.3 is 9.42 Å². The summed E-state index contributed by atoms with van der Waals surface area (Å²) in [5.41, 5.74) is 1.07. The minimum absolute atomic E-state index is 0.399. The first kappa shape index (κ1) is 15.5. The van der Waals surface area contributed by atoms with E-state index in [-0.39, 0.29) is 0 Å². The molecule has 6 heteroatoms. The third-order valence-electron chi connectivity index (χ3n) is 2.54. The first-order valence-corrected chi connectivity index (χ1v) is 7.89. The van der Waals surface area contributed by atoms with Crippen LogP contribution in [0, 0.1) is 6.92 Å². The predicted molar refractivity (Wildman–Crippen MR) is 74.2 cm³/mol. The first-order chi connectivity index (χ1) is 8.45. The summed E-state index contributed by atoms with van der Waals surface area (Å²) in [6.07, 6.45) is 1.58. The maximum Gasteiger partial charge on any atom is 0.458 e. The number of benzene rings is 1. The molecule has 1 rings (SSSR count). The van der Waals surface area contributed by atoms with Crippen LogP contribution in [-0.2, 0) is 4.57 Å². The van der Waals surface area contributed by atoms with E-state index in [0.29, 0.717) is 18.2 Å². The number of hydrogen-bond donors (Lipinski definition) is 1. The quantitative estimate of drug-likeness (QED) is 0.475. The third-order valence-corrected chi connectivity index (χ3v) is 4.32. The highest BCUT2D eigenvalue weighted by atomic mass is 35.5. The molecule has 0 fully saturated rings. The van der Waals surface area contributed by atoms with Crippen molar-refractivity contribution in [3.8, 4) is 5.75 Å². The summed E-state index contributed by atoms with van der Waals surface area (Å²) >= 11 is 5.56. The lowest BCUT2D eigenvalue weighted by atomic mass is 10.2. The molecule has 0 aliphatic heterocycles. The Balaban J connectivity index is 2.57. The molecule has 0 radical (unpaired) electrons. The first-order valence-electron chi connectivity index (χ1n) is 5.82. The van der Waals surface area contributed by atoms with E-state index in [1.54, 1.807) is 19.2 Å². The van der Waals surface area contributed by atoms with Gasteiger partial charge >= 0.3 is 7.75 Å². The summed E-state index contributed by atoms with van der Waals surface area (Å²) in [4.78, 5) is 9.83. The third kappa shape index (κ3) is 4.99. The fourth-order valence-corrected chi connectivity index (χ4v) is 2.49. The van der Waals surface area contributed by atoms with Gasteiger partial charge in [0, 0.05) is 12.4 Å². The van der Waals surface area contributed by atoms with Crippen molar-refractivity contribution in [3.05, 3.63) is 29.8 Å². The van der Waals surface area contributed by atoms with Gasteiger partial charge in [-0.05, 0) is 38.9 Å². The van der Waals surface area contributed by atoms with Crippen molar-refractivity contribution in [1.29, 1.82) is 0 Å². The number of alkyl halides is 1. The number of halogens is 1. The molecule has 4 nitrogen and oxygen atoms in total. The van der Waals surface area contributed by atoms with Gasteiger partial charge in [0.1, 0.15) is 5.75 Å². The zero-order valence-electron chi connectivity index (χ0n) is 10.7. The van der Waals surface area contributed by atoms with E-state index in [9.17, 15) is 9.46 Å². The lowest BCUT2D eigenvalue weighted by Crippen LogP contribution is -2.19. The van der Waals surface area contributed by atoms with Crippen LogP contribution in [0.2, 0.25) is 0 Å². The number of unbranched alkanes of at least 4 members (excludes halogenated alkanes) is 1. The Morgan fingerprint density at radius 2 is 1.94 bits per heavy atom. The van der Waals surface area contributed by atoms with E-state index in [1.165, 1.54) is 4.67 Å². The Kier molecular flexibility index (Phi) is 6.16. The number of hydrogen-bond acceptors (Lipinski definition) is 2. The SMILES string of the molecule is Cc1ccc(OP(=O)(O)N(C)CCCCCl)cc1. The highest BCUT2D eigenvalue weighted by Crippen LogP contribution is 2.45. The zero-order chi connectivity index (χ0) is 13.6. The second kappa shape index (κ2) is 7.15. The standard InChI is InChI=1S/C12H19ClNO3P/c1-11-5-7-12(8-6-11)17-18(15,16)14(2)10-4-3-9-13/h5-8H,3-4,9-10H2,1-2H3,(H,15,16). The van der Waals surface area contributed by atoms with Crippen LogP contribution in [-0.4, -0.2) is 29.0 Å². The molecule has 0 heterocycles. The van der Waals surface area contributed by atoms with Crippen molar-refractivity contribution in [2.24, 2.45) is 0 Å². The second-order valence-electron chi connectivity index (χ2n) is 4.17. The van der Waals surface area contributed by atoms with Gasteiger partial charge in [0.25, 0.3) is 0 Å². The largest absolute Gasteiger partial charge is 0.458 e. The van der Waals surface area contributed by atoms with Crippen LogP contribution in [0.1, 0.15) is 18.4 Å². The van der Waals surface area contributed by atoms with Gasteiger partial charge in [-0.1, -0.05) is 17.7 Å². The maximum absolute atomic E-state index is 12.0. The molecule has 1 aromatic carbocycles. The van der Waals surface area contributed by atoms with Crippen LogP contribution >= 0.6 is 19.3 Å². The molecular weight excluding hydrogens is 273 g/mol. The number of nitrogens with zero attached hydrogens (tertiary/aromatic N) is 1. The van der Waals surface area contributed by atoms with Gasteiger partial charge in [-0.25, -0.2) is 9.24 Å². The van der Waals surface area contributed by atoms with Crippen LogP contribution < -0.4 is 4.52 Å². The van der Waals surface area contributed by atoms with Crippen molar-refractivity contribution in [3.63, 3.8) is 0 Å². The molecule has 0 aliphatic rings. The van der Waals surface area contributed by atoms with E-state index < -0.39 is 7.75 Å². The molecule has 1 atom stereocenters. The van der Waals surface area contributed by atoms with Crippen molar-refractivity contribution in [2.45, 2.75) is 19.8 Å². The molecule has 0 amide bonds. The van der Waals surface area contributed by atoms with Gasteiger partial charge in [-0.2, -0.15) is 0 Å². The summed E-state index contributed by atoms with van der Waals surface area (Å²) < 4.78 is 18.5. The lowest BCUT2D eigenvalue weighted by Gasteiger charge is -2.22. The van der Waals surface area contributed by atoms with Gasteiger partial charge in [-0.15, -0.1) is 11.6 Å². The van der Waals surface area contributed by atoms with E-state index in [1.807, 2.05) is 19.1 Å². The van der Waals surface area contributed by atoms with Crippen LogP contribution in [0.5, 0.6) is 5.75 Å². The summed E-state index contributed by atoms with van der Waals surface area (Å²) in [6.45, 7) is 2.42. The molecule has 0 saturated carbocycles. The van der Waals surface area contributed by atoms with Gasteiger partial charge in [0.15, 0.2) is 0 Å². The molecule has 1 unspecified atom stereocenters. The molecule has 0 aromatic heterocycles. The Labute approximate surface area is 113 Å². The van der Waals surface area contributed by atoms with E-state index in [0.717, 1.165) is 18.4 Å². The number of aryl methyl sites for hydroxylation is 1. The smallest absolute Gasteiger partial charge is 0.413 e. The molecule has 0 spiro atoms. The van der Waals surface area contributed by atoms with Gasteiger partial charge in [0.05, 0.1) is 0 Å². The monoisotopic (exact) mass is 291 g/mol. The Bertz CT molecular complexity index is 410. The molecule has 0 aliphatic carbocycles.